The summed E-state index contributed by atoms with van der Waals surface area (Å²) in [5.74, 6) is -0.455. The van der Waals surface area contributed by atoms with Crippen LogP contribution in [0.4, 0.5) is 0 Å². The van der Waals surface area contributed by atoms with Crippen molar-refractivity contribution in [1.82, 2.24) is 0 Å². The Kier molecular flexibility index (Phi) is 8.31. The first-order chi connectivity index (χ1) is 6.18. The average Bonchev–Trinajstić information content (AvgIpc) is 1.96. The highest BCUT2D eigenvalue weighted by Crippen LogP contribution is 1.89. The van der Waals surface area contributed by atoms with Gasteiger partial charge in [0.2, 0.25) is 0 Å². The van der Waals surface area contributed by atoms with Crippen molar-refractivity contribution < 1.29 is 27.6 Å². The zero-order valence-corrected chi connectivity index (χ0v) is 8.87. The third kappa shape index (κ3) is 22.5. The Morgan fingerprint density at radius 2 is 1.86 bits per heavy atom. The largest absolute Gasteiger partial charge is 0.460 e. The number of esters is 1. The molecular weight excluding hydrogens is 212 g/mol. The molecule has 14 heavy (non-hydrogen) atoms. The lowest BCUT2D eigenvalue weighted by Crippen LogP contribution is -2.08. The Labute approximate surface area is 82.9 Å². The van der Waals surface area contributed by atoms with E-state index < -0.39 is 16.1 Å². The monoisotopic (exact) mass is 226 g/mol. The van der Waals surface area contributed by atoms with Gasteiger partial charge in [-0.3, -0.25) is 4.55 Å². The van der Waals surface area contributed by atoms with Crippen molar-refractivity contribution in [2.24, 2.45) is 0 Å². The smallest absolute Gasteiger partial charge is 0.333 e. The standard InChI is InChI=1S/C6H10O3.CH4O3S/c1-5(2)6(8)9-4-3-7;1-5(2,3)4/h7H,1,3-4H2,2H3;1H3,(H,2,3,4). The summed E-state index contributed by atoms with van der Waals surface area (Å²) in [5, 5.41) is 8.19. The molecule has 0 aliphatic heterocycles. The maximum absolute atomic E-state index is 10.5. The van der Waals surface area contributed by atoms with Gasteiger partial charge in [-0.25, -0.2) is 4.79 Å². The molecule has 0 rings (SSSR count). The van der Waals surface area contributed by atoms with Gasteiger partial charge in [-0.15, -0.1) is 0 Å². The van der Waals surface area contributed by atoms with Crippen molar-refractivity contribution in [2.45, 2.75) is 6.92 Å². The molecule has 0 saturated heterocycles. The highest BCUT2D eigenvalue weighted by atomic mass is 32.2. The van der Waals surface area contributed by atoms with Crippen molar-refractivity contribution in [1.29, 1.82) is 0 Å². The lowest BCUT2D eigenvalue weighted by Gasteiger charge is -1.99. The van der Waals surface area contributed by atoms with Crippen LogP contribution in [0, 0.1) is 0 Å². The van der Waals surface area contributed by atoms with Crippen molar-refractivity contribution >= 4 is 16.1 Å². The van der Waals surface area contributed by atoms with Crippen molar-refractivity contribution in [3.8, 4) is 0 Å². The molecule has 0 amide bonds. The zero-order valence-electron chi connectivity index (χ0n) is 8.06. The number of hydrogen-bond donors (Lipinski definition) is 2. The van der Waals surface area contributed by atoms with E-state index in [0.717, 1.165) is 0 Å². The molecule has 0 spiro atoms. The van der Waals surface area contributed by atoms with E-state index in [-0.39, 0.29) is 13.2 Å². The summed E-state index contributed by atoms with van der Waals surface area (Å²) in [4.78, 5) is 10.5. The van der Waals surface area contributed by atoms with E-state index in [1.807, 2.05) is 0 Å². The second-order valence-electron chi connectivity index (χ2n) is 2.37. The normalized spacial score (nSPS) is 9.71. The summed E-state index contributed by atoms with van der Waals surface area (Å²) in [6.07, 6.45) is 0.715. The molecule has 0 aromatic rings. The first-order valence-electron chi connectivity index (χ1n) is 3.54. The first-order valence-corrected chi connectivity index (χ1v) is 5.39. The van der Waals surface area contributed by atoms with Gasteiger partial charge in [0.1, 0.15) is 6.61 Å². The number of aliphatic hydroxyl groups is 1. The Morgan fingerprint density at radius 1 is 1.50 bits per heavy atom. The van der Waals surface area contributed by atoms with Gasteiger partial charge in [0.15, 0.2) is 0 Å². The van der Waals surface area contributed by atoms with Crippen LogP contribution in [-0.4, -0.2) is 43.5 Å². The predicted octanol–water partition coefficient (Wildman–Crippen LogP) is -0.398. The van der Waals surface area contributed by atoms with E-state index in [4.69, 9.17) is 9.66 Å². The van der Waals surface area contributed by atoms with E-state index in [1.54, 1.807) is 6.92 Å². The van der Waals surface area contributed by atoms with Gasteiger partial charge in [-0.1, -0.05) is 6.58 Å². The van der Waals surface area contributed by atoms with Crippen LogP contribution in [0.15, 0.2) is 12.2 Å². The zero-order chi connectivity index (χ0) is 11.8. The molecule has 0 atom stereocenters. The molecule has 0 aromatic heterocycles. The molecule has 0 fully saturated rings. The summed E-state index contributed by atoms with van der Waals surface area (Å²) < 4.78 is 30.3. The SMILES string of the molecule is C=C(C)C(=O)OCCO.CS(=O)(=O)O. The molecule has 0 bridgehead atoms. The van der Waals surface area contributed by atoms with E-state index in [9.17, 15) is 13.2 Å². The van der Waals surface area contributed by atoms with Crippen LogP contribution in [0.2, 0.25) is 0 Å². The Bertz CT molecular complexity index is 271. The number of rotatable bonds is 3. The lowest BCUT2D eigenvalue weighted by atomic mass is 10.4. The molecule has 0 saturated carbocycles. The molecule has 0 aliphatic rings. The van der Waals surface area contributed by atoms with Gasteiger partial charge < -0.3 is 9.84 Å². The minimum Gasteiger partial charge on any atom is -0.460 e. The van der Waals surface area contributed by atoms with E-state index in [0.29, 0.717) is 11.8 Å². The van der Waals surface area contributed by atoms with Gasteiger partial charge in [0.05, 0.1) is 12.9 Å². The minimum atomic E-state index is -3.67. The quantitative estimate of drug-likeness (QED) is 0.386. The number of carbonyl (C=O) groups is 1. The maximum Gasteiger partial charge on any atom is 0.333 e. The third-order valence-corrected chi connectivity index (χ3v) is 0.673. The second-order valence-corrected chi connectivity index (χ2v) is 3.84. The summed E-state index contributed by atoms with van der Waals surface area (Å²) in [6.45, 7) is 4.81. The van der Waals surface area contributed by atoms with Gasteiger partial charge in [-0.05, 0) is 6.92 Å². The average molecular weight is 226 g/mol. The molecule has 0 heterocycles. The Balaban J connectivity index is 0. The summed E-state index contributed by atoms with van der Waals surface area (Å²) in [6, 6.07) is 0. The van der Waals surface area contributed by atoms with Crippen LogP contribution in [0.3, 0.4) is 0 Å². The molecule has 7 heteroatoms. The first kappa shape index (κ1) is 15.5. The highest BCUT2D eigenvalue weighted by Gasteiger charge is 1.99. The second kappa shape index (κ2) is 7.48. The number of aliphatic hydroxyl groups excluding tert-OH is 1. The van der Waals surface area contributed by atoms with Gasteiger partial charge in [0.25, 0.3) is 10.1 Å². The maximum atomic E-state index is 10.5. The molecule has 2 N–H and O–H groups in total. The fourth-order valence-corrected chi connectivity index (χ4v) is 0.262. The summed E-state index contributed by atoms with van der Waals surface area (Å²) in [7, 11) is -3.67. The molecule has 0 aliphatic carbocycles. The predicted molar refractivity (Wildman–Crippen MR) is 50.3 cm³/mol. The van der Waals surface area contributed by atoms with E-state index >= 15 is 0 Å². The van der Waals surface area contributed by atoms with Crippen LogP contribution in [0.25, 0.3) is 0 Å². The van der Waals surface area contributed by atoms with Crippen molar-refractivity contribution in [3.63, 3.8) is 0 Å². The number of carbonyl (C=O) groups excluding carboxylic acids is 1. The number of ether oxygens (including phenoxy) is 1. The molecule has 0 radical (unpaired) electrons. The van der Waals surface area contributed by atoms with Crippen LogP contribution in [0.1, 0.15) is 6.92 Å². The van der Waals surface area contributed by atoms with Crippen LogP contribution in [0.5, 0.6) is 0 Å². The molecular formula is C7H14O6S. The van der Waals surface area contributed by atoms with Crippen LogP contribution >= 0.6 is 0 Å². The minimum absolute atomic E-state index is 0.0473. The lowest BCUT2D eigenvalue weighted by molar-refractivity contribution is -0.139. The van der Waals surface area contributed by atoms with Gasteiger partial charge >= 0.3 is 5.97 Å². The third-order valence-electron chi connectivity index (χ3n) is 0.673. The highest BCUT2D eigenvalue weighted by molar-refractivity contribution is 7.85. The molecule has 0 unspecified atom stereocenters. The molecule has 0 aromatic carbocycles. The molecule has 84 valence electrons. The topological polar surface area (TPSA) is 101 Å². The summed E-state index contributed by atoms with van der Waals surface area (Å²) in [5.41, 5.74) is 0.350. The molecule has 6 nitrogen and oxygen atoms in total. The summed E-state index contributed by atoms with van der Waals surface area (Å²) >= 11 is 0. The van der Waals surface area contributed by atoms with Crippen molar-refractivity contribution in [2.75, 3.05) is 19.5 Å². The Hall–Kier alpha value is -0.920. The fourth-order valence-electron chi connectivity index (χ4n) is 0.262. The number of hydrogen-bond acceptors (Lipinski definition) is 5. The van der Waals surface area contributed by atoms with Gasteiger partial charge in [0, 0.05) is 5.57 Å². The van der Waals surface area contributed by atoms with Crippen LogP contribution in [-0.2, 0) is 19.6 Å². The van der Waals surface area contributed by atoms with Crippen molar-refractivity contribution in [3.05, 3.63) is 12.2 Å². The van der Waals surface area contributed by atoms with Crippen LogP contribution < -0.4 is 0 Å². The van der Waals surface area contributed by atoms with E-state index in [1.165, 1.54) is 0 Å². The van der Waals surface area contributed by atoms with Gasteiger partial charge in [-0.2, -0.15) is 8.42 Å². The van der Waals surface area contributed by atoms with E-state index in [2.05, 4.69) is 11.3 Å². The fraction of sp³-hybridized carbons (Fsp3) is 0.571. The Morgan fingerprint density at radius 3 is 2.07 bits per heavy atom.